The molecule has 2 rings (SSSR count). The summed E-state index contributed by atoms with van der Waals surface area (Å²) in [5.41, 5.74) is 4.28. The minimum Gasteiger partial charge on any atom is -0.340 e. The van der Waals surface area contributed by atoms with E-state index in [2.05, 4.69) is 41.5 Å². The molecule has 1 aromatic heterocycles. The Balaban J connectivity index is 2.42. The van der Waals surface area contributed by atoms with Gasteiger partial charge in [-0.25, -0.2) is 15.8 Å². The van der Waals surface area contributed by atoms with Gasteiger partial charge in [0.1, 0.15) is 17.5 Å². The van der Waals surface area contributed by atoms with Crippen LogP contribution < -0.4 is 16.6 Å². The molecule has 0 atom stereocenters. The SMILES string of the molecule is Cc1c(Cl)cccc1Nc1cc(NN)nc(C(C)(C)C)n1. The first-order chi connectivity index (χ1) is 9.81. The Morgan fingerprint density at radius 2 is 1.81 bits per heavy atom. The summed E-state index contributed by atoms with van der Waals surface area (Å²) in [6.07, 6.45) is 0. The average molecular weight is 306 g/mol. The highest BCUT2D eigenvalue weighted by Crippen LogP contribution is 2.27. The fourth-order valence-corrected chi connectivity index (χ4v) is 1.98. The smallest absolute Gasteiger partial charge is 0.145 e. The largest absolute Gasteiger partial charge is 0.340 e. The molecule has 1 aromatic carbocycles. The molecule has 1 heterocycles. The number of hydrogen-bond acceptors (Lipinski definition) is 5. The lowest BCUT2D eigenvalue weighted by molar-refractivity contribution is 0.547. The Kier molecular flexibility index (Phi) is 4.34. The van der Waals surface area contributed by atoms with Gasteiger partial charge in [0.15, 0.2) is 0 Å². The van der Waals surface area contributed by atoms with Crippen molar-refractivity contribution in [2.24, 2.45) is 5.84 Å². The Bertz CT molecular complexity index is 649. The van der Waals surface area contributed by atoms with Crippen molar-refractivity contribution >= 4 is 28.9 Å². The molecular weight excluding hydrogens is 286 g/mol. The number of nitrogens with one attached hydrogen (secondary N) is 2. The van der Waals surface area contributed by atoms with Crippen LogP contribution in [0.25, 0.3) is 0 Å². The lowest BCUT2D eigenvalue weighted by Crippen LogP contribution is -2.19. The Labute approximate surface area is 129 Å². The number of aromatic nitrogens is 2. The highest BCUT2D eigenvalue weighted by Gasteiger charge is 2.19. The van der Waals surface area contributed by atoms with E-state index >= 15 is 0 Å². The van der Waals surface area contributed by atoms with E-state index in [9.17, 15) is 0 Å². The van der Waals surface area contributed by atoms with Gasteiger partial charge in [-0.15, -0.1) is 0 Å². The van der Waals surface area contributed by atoms with Crippen LogP contribution >= 0.6 is 11.6 Å². The van der Waals surface area contributed by atoms with Crippen molar-refractivity contribution in [3.63, 3.8) is 0 Å². The minimum atomic E-state index is -0.174. The number of halogens is 1. The lowest BCUT2D eigenvalue weighted by Gasteiger charge is -2.19. The van der Waals surface area contributed by atoms with Gasteiger partial charge < -0.3 is 10.7 Å². The zero-order chi connectivity index (χ0) is 15.6. The highest BCUT2D eigenvalue weighted by atomic mass is 35.5. The van der Waals surface area contributed by atoms with Crippen LogP contribution in [0.3, 0.4) is 0 Å². The van der Waals surface area contributed by atoms with Gasteiger partial charge in [0.25, 0.3) is 0 Å². The van der Waals surface area contributed by atoms with Gasteiger partial charge in [0.05, 0.1) is 0 Å². The second-order valence-corrected chi connectivity index (χ2v) is 6.30. The molecule has 0 bridgehead atoms. The molecule has 0 saturated carbocycles. The molecule has 0 aliphatic heterocycles. The predicted molar refractivity (Wildman–Crippen MR) is 88.0 cm³/mol. The first-order valence-corrected chi connectivity index (χ1v) is 7.07. The fraction of sp³-hybridized carbons (Fsp3) is 0.333. The number of nitrogen functional groups attached to an aromatic ring is 1. The number of hydrogen-bond donors (Lipinski definition) is 3. The molecule has 0 radical (unpaired) electrons. The molecule has 2 aromatic rings. The molecular formula is C15H20ClN5. The van der Waals surface area contributed by atoms with Gasteiger partial charge in [-0.1, -0.05) is 38.4 Å². The quantitative estimate of drug-likeness (QED) is 0.594. The molecule has 4 N–H and O–H groups in total. The van der Waals surface area contributed by atoms with Gasteiger partial charge >= 0.3 is 0 Å². The van der Waals surface area contributed by atoms with Crippen LogP contribution in [-0.2, 0) is 5.41 Å². The molecule has 6 heteroatoms. The van der Waals surface area contributed by atoms with Crippen LogP contribution in [0.4, 0.5) is 17.3 Å². The third kappa shape index (κ3) is 3.62. The van der Waals surface area contributed by atoms with Crippen LogP contribution in [0.2, 0.25) is 5.02 Å². The van der Waals surface area contributed by atoms with E-state index in [1.54, 1.807) is 6.07 Å². The second kappa shape index (κ2) is 5.87. The Morgan fingerprint density at radius 3 is 2.43 bits per heavy atom. The van der Waals surface area contributed by atoms with Crippen LogP contribution in [0.5, 0.6) is 0 Å². The molecule has 112 valence electrons. The zero-order valence-electron chi connectivity index (χ0n) is 12.7. The van der Waals surface area contributed by atoms with E-state index < -0.39 is 0 Å². The third-order valence-corrected chi connectivity index (χ3v) is 3.48. The third-order valence-electron chi connectivity index (χ3n) is 3.08. The van der Waals surface area contributed by atoms with Gasteiger partial charge in [0, 0.05) is 22.2 Å². The number of benzene rings is 1. The summed E-state index contributed by atoms with van der Waals surface area (Å²) >= 11 is 6.14. The molecule has 0 aliphatic carbocycles. The number of hydrazine groups is 1. The topological polar surface area (TPSA) is 75.9 Å². The maximum Gasteiger partial charge on any atom is 0.145 e. The van der Waals surface area contributed by atoms with Crippen molar-refractivity contribution in [3.8, 4) is 0 Å². The van der Waals surface area contributed by atoms with Crippen molar-refractivity contribution in [3.05, 3.63) is 40.7 Å². The van der Waals surface area contributed by atoms with Crippen LogP contribution in [0, 0.1) is 6.92 Å². The summed E-state index contributed by atoms with van der Waals surface area (Å²) in [6, 6.07) is 7.46. The maximum atomic E-state index is 6.14. The predicted octanol–water partition coefficient (Wildman–Crippen LogP) is 3.77. The molecule has 0 amide bonds. The Morgan fingerprint density at radius 1 is 1.14 bits per heavy atom. The average Bonchev–Trinajstić information content (AvgIpc) is 2.42. The number of anilines is 3. The molecule has 0 fully saturated rings. The Hall–Kier alpha value is -1.85. The van der Waals surface area contributed by atoms with Gasteiger partial charge in [-0.3, -0.25) is 0 Å². The summed E-state index contributed by atoms with van der Waals surface area (Å²) in [5, 5.41) is 3.98. The van der Waals surface area contributed by atoms with Crippen LogP contribution in [-0.4, -0.2) is 9.97 Å². The van der Waals surface area contributed by atoms with Crippen molar-refractivity contribution in [2.45, 2.75) is 33.1 Å². The van der Waals surface area contributed by atoms with Crippen molar-refractivity contribution in [2.75, 3.05) is 10.7 Å². The fourth-order valence-electron chi connectivity index (χ4n) is 1.80. The van der Waals surface area contributed by atoms with Crippen LogP contribution in [0.1, 0.15) is 32.2 Å². The summed E-state index contributed by atoms with van der Waals surface area (Å²) in [7, 11) is 0. The van der Waals surface area contributed by atoms with E-state index in [1.807, 2.05) is 25.1 Å². The maximum absolute atomic E-state index is 6.14. The van der Waals surface area contributed by atoms with Crippen molar-refractivity contribution < 1.29 is 0 Å². The van der Waals surface area contributed by atoms with Gasteiger partial charge in [0.2, 0.25) is 0 Å². The number of nitrogens with zero attached hydrogens (tertiary/aromatic N) is 2. The highest BCUT2D eigenvalue weighted by molar-refractivity contribution is 6.31. The minimum absolute atomic E-state index is 0.174. The second-order valence-electron chi connectivity index (χ2n) is 5.89. The molecule has 0 unspecified atom stereocenters. The summed E-state index contributed by atoms with van der Waals surface area (Å²) in [4.78, 5) is 8.95. The van der Waals surface area contributed by atoms with E-state index in [-0.39, 0.29) is 5.41 Å². The standard InChI is InChI=1S/C15H20ClN5/c1-9-10(16)6-5-7-11(9)18-12-8-13(21-17)20-14(19-12)15(2,3)4/h5-8H,17H2,1-4H3,(H2,18,19,20,21). The normalized spacial score (nSPS) is 11.3. The molecule has 5 nitrogen and oxygen atoms in total. The molecule has 0 saturated heterocycles. The zero-order valence-corrected chi connectivity index (χ0v) is 13.4. The number of nitrogens with two attached hydrogens (primary N) is 1. The lowest BCUT2D eigenvalue weighted by atomic mass is 9.96. The molecule has 0 spiro atoms. The van der Waals surface area contributed by atoms with E-state index in [0.717, 1.165) is 11.3 Å². The van der Waals surface area contributed by atoms with E-state index in [4.69, 9.17) is 17.4 Å². The summed E-state index contributed by atoms with van der Waals surface area (Å²) < 4.78 is 0. The monoisotopic (exact) mass is 305 g/mol. The summed E-state index contributed by atoms with van der Waals surface area (Å²) in [6.45, 7) is 8.11. The first-order valence-electron chi connectivity index (χ1n) is 6.69. The van der Waals surface area contributed by atoms with Gasteiger partial charge in [-0.2, -0.15) is 0 Å². The van der Waals surface area contributed by atoms with Crippen molar-refractivity contribution in [1.29, 1.82) is 0 Å². The molecule has 0 aliphatic rings. The van der Waals surface area contributed by atoms with Crippen LogP contribution in [0.15, 0.2) is 24.3 Å². The van der Waals surface area contributed by atoms with E-state index in [0.29, 0.717) is 22.5 Å². The first kappa shape index (κ1) is 15.5. The van der Waals surface area contributed by atoms with Gasteiger partial charge in [-0.05, 0) is 24.6 Å². The van der Waals surface area contributed by atoms with E-state index in [1.165, 1.54) is 0 Å². The summed E-state index contributed by atoms with van der Waals surface area (Å²) in [5.74, 6) is 7.44. The number of rotatable bonds is 3. The molecule has 21 heavy (non-hydrogen) atoms. The van der Waals surface area contributed by atoms with Crippen molar-refractivity contribution in [1.82, 2.24) is 9.97 Å².